The topological polar surface area (TPSA) is 113 Å². The van der Waals surface area contributed by atoms with E-state index in [1.165, 1.54) is 6.92 Å². The number of carboxylic acids is 1. The second kappa shape index (κ2) is 4.85. The number of fused-ring (bicyclic) bond motifs is 2. The summed E-state index contributed by atoms with van der Waals surface area (Å²) in [5.74, 6) is -1.20. The number of aliphatic hydroxyl groups is 1. The van der Waals surface area contributed by atoms with Gasteiger partial charge in [-0.05, 0) is 38.0 Å². The van der Waals surface area contributed by atoms with Crippen molar-refractivity contribution in [1.29, 1.82) is 0 Å². The van der Waals surface area contributed by atoms with Crippen LogP contribution in [0.4, 0.5) is 0 Å². The maximum absolute atomic E-state index is 12.1. The summed E-state index contributed by atoms with van der Waals surface area (Å²) < 4.78 is 0. The van der Waals surface area contributed by atoms with Crippen LogP contribution in [-0.4, -0.2) is 40.3 Å². The summed E-state index contributed by atoms with van der Waals surface area (Å²) in [5, 5.41) is 20.7. The minimum absolute atomic E-state index is 0.174. The third-order valence-corrected chi connectivity index (χ3v) is 4.33. The molecule has 6 nitrogen and oxygen atoms in total. The molecule has 2 fully saturated rings. The second-order valence-electron chi connectivity index (χ2n) is 5.50. The number of nitrogens with one attached hydrogen (secondary N) is 1. The zero-order valence-electron chi connectivity index (χ0n) is 10.4. The number of carbonyl (C=O) groups is 2. The van der Waals surface area contributed by atoms with Gasteiger partial charge in [0, 0.05) is 6.04 Å². The lowest BCUT2D eigenvalue weighted by molar-refractivity contribution is -0.145. The lowest BCUT2D eigenvalue weighted by Crippen LogP contribution is -2.53. The Hall–Kier alpha value is -1.14. The fourth-order valence-electron chi connectivity index (χ4n) is 3.36. The standard InChI is InChI=1S/C12H20N2O4/c1-5(15)10(12(17)18)14-11(16)8-6-2-3-7(4-6)9(8)13/h5-10,15H,2-4,13H2,1H3,(H,14,16)(H,17,18)/t5-,6?,7?,8?,9?,10+/m1/s1. The molecule has 0 aromatic carbocycles. The molecule has 0 heterocycles. The van der Waals surface area contributed by atoms with Gasteiger partial charge in [0.1, 0.15) is 0 Å². The number of aliphatic hydroxyl groups excluding tert-OH is 1. The van der Waals surface area contributed by atoms with E-state index < -0.39 is 18.1 Å². The summed E-state index contributed by atoms with van der Waals surface area (Å²) in [6.45, 7) is 1.35. The van der Waals surface area contributed by atoms with Crippen LogP contribution < -0.4 is 11.1 Å². The van der Waals surface area contributed by atoms with Gasteiger partial charge in [0.05, 0.1) is 12.0 Å². The molecule has 2 saturated carbocycles. The van der Waals surface area contributed by atoms with E-state index in [0.717, 1.165) is 19.3 Å². The first kappa shape index (κ1) is 13.3. The highest BCUT2D eigenvalue weighted by Crippen LogP contribution is 2.47. The Balaban J connectivity index is 2.01. The SMILES string of the molecule is C[C@@H](O)[C@H](NC(=O)C1C2CCC(C2)C1N)C(=O)O. The molecule has 0 radical (unpaired) electrons. The van der Waals surface area contributed by atoms with Crippen LogP contribution in [0.2, 0.25) is 0 Å². The number of nitrogens with two attached hydrogens (primary N) is 1. The minimum atomic E-state index is -1.26. The Kier molecular flexibility index (Phi) is 3.59. The Bertz CT molecular complexity index is 356. The van der Waals surface area contributed by atoms with E-state index in [1.54, 1.807) is 0 Å². The largest absolute Gasteiger partial charge is 0.480 e. The molecule has 2 bridgehead atoms. The Morgan fingerprint density at radius 2 is 1.94 bits per heavy atom. The van der Waals surface area contributed by atoms with Gasteiger partial charge >= 0.3 is 5.97 Å². The molecule has 0 aromatic rings. The van der Waals surface area contributed by atoms with Crippen LogP contribution in [0, 0.1) is 17.8 Å². The van der Waals surface area contributed by atoms with Crippen molar-refractivity contribution in [2.45, 2.75) is 44.4 Å². The molecule has 6 atom stereocenters. The van der Waals surface area contributed by atoms with Crippen molar-refractivity contribution in [3.05, 3.63) is 0 Å². The molecule has 2 aliphatic rings. The van der Waals surface area contributed by atoms with Crippen LogP contribution in [0.3, 0.4) is 0 Å². The summed E-state index contributed by atoms with van der Waals surface area (Å²) in [7, 11) is 0. The number of amides is 1. The number of hydrogen-bond acceptors (Lipinski definition) is 4. The van der Waals surface area contributed by atoms with Crippen molar-refractivity contribution < 1.29 is 19.8 Å². The normalized spacial score (nSPS) is 37.3. The van der Waals surface area contributed by atoms with Gasteiger partial charge in [-0.3, -0.25) is 4.79 Å². The van der Waals surface area contributed by atoms with Crippen LogP contribution in [0.5, 0.6) is 0 Å². The van der Waals surface area contributed by atoms with Crippen molar-refractivity contribution in [2.24, 2.45) is 23.5 Å². The molecule has 1 amide bonds. The fourth-order valence-corrected chi connectivity index (χ4v) is 3.36. The maximum Gasteiger partial charge on any atom is 0.328 e. The Labute approximate surface area is 106 Å². The predicted molar refractivity (Wildman–Crippen MR) is 63.5 cm³/mol. The van der Waals surface area contributed by atoms with Crippen LogP contribution in [0.25, 0.3) is 0 Å². The van der Waals surface area contributed by atoms with Crippen molar-refractivity contribution in [3.8, 4) is 0 Å². The monoisotopic (exact) mass is 256 g/mol. The average Bonchev–Trinajstić information content (AvgIpc) is 2.84. The lowest BCUT2D eigenvalue weighted by atomic mass is 9.84. The first-order valence-corrected chi connectivity index (χ1v) is 6.38. The maximum atomic E-state index is 12.1. The quantitative estimate of drug-likeness (QED) is 0.532. The van der Waals surface area contributed by atoms with E-state index in [9.17, 15) is 14.7 Å². The summed E-state index contributed by atoms with van der Waals surface area (Å²) in [6.07, 6.45) is 1.89. The molecule has 4 unspecified atom stereocenters. The summed E-state index contributed by atoms with van der Waals surface area (Å²) >= 11 is 0. The van der Waals surface area contributed by atoms with E-state index >= 15 is 0 Å². The van der Waals surface area contributed by atoms with Gasteiger partial charge in [0.2, 0.25) is 5.91 Å². The highest BCUT2D eigenvalue weighted by atomic mass is 16.4. The van der Waals surface area contributed by atoms with Gasteiger partial charge in [-0.15, -0.1) is 0 Å². The third kappa shape index (κ3) is 2.22. The molecule has 5 N–H and O–H groups in total. The molecule has 0 aromatic heterocycles. The van der Waals surface area contributed by atoms with Crippen LogP contribution in [-0.2, 0) is 9.59 Å². The first-order valence-electron chi connectivity index (χ1n) is 6.38. The number of rotatable bonds is 4. The number of aliphatic carboxylic acids is 1. The van der Waals surface area contributed by atoms with Gasteiger partial charge < -0.3 is 21.3 Å². The summed E-state index contributed by atoms with van der Waals surface area (Å²) in [5.41, 5.74) is 6.02. The third-order valence-electron chi connectivity index (χ3n) is 4.33. The van der Waals surface area contributed by atoms with E-state index in [4.69, 9.17) is 10.8 Å². The molecule has 0 spiro atoms. The number of carbonyl (C=O) groups excluding carboxylic acids is 1. The van der Waals surface area contributed by atoms with E-state index in [2.05, 4.69) is 5.32 Å². The Morgan fingerprint density at radius 1 is 1.33 bits per heavy atom. The van der Waals surface area contributed by atoms with Crippen molar-refractivity contribution in [2.75, 3.05) is 0 Å². The molecule has 2 aliphatic carbocycles. The summed E-state index contributed by atoms with van der Waals surface area (Å²) in [4.78, 5) is 23.0. The first-order chi connectivity index (χ1) is 8.41. The van der Waals surface area contributed by atoms with Gasteiger partial charge in [-0.25, -0.2) is 4.79 Å². The molecular weight excluding hydrogens is 236 g/mol. The molecule has 0 aliphatic heterocycles. The van der Waals surface area contributed by atoms with E-state index in [1.807, 2.05) is 0 Å². The second-order valence-corrected chi connectivity index (χ2v) is 5.50. The number of carboxylic acid groups (broad SMARTS) is 1. The molecule has 0 saturated heterocycles. The van der Waals surface area contributed by atoms with E-state index in [0.29, 0.717) is 5.92 Å². The zero-order chi connectivity index (χ0) is 13.4. The predicted octanol–water partition coefficient (Wildman–Crippen LogP) is -0.690. The van der Waals surface area contributed by atoms with Crippen LogP contribution in [0.15, 0.2) is 0 Å². The molecule has 18 heavy (non-hydrogen) atoms. The molecule has 6 heteroatoms. The molecular formula is C12H20N2O4. The van der Waals surface area contributed by atoms with Crippen LogP contribution in [0.1, 0.15) is 26.2 Å². The lowest BCUT2D eigenvalue weighted by Gasteiger charge is -2.28. The van der Waals surface area contributed by atoms with E-state index in [-0.39, 0.29) is 23.8 Å². The van der Waals surface area contributed by atoms with Crippen molar-refractivity contribution in [1.82, 2.24) is 5.32 Å². The van der Waals surface area contributed by atoms with Gasteiger partial charge in [-0.1, -0.05) is 0 Å². The van der Waals surface area contributed by atoms with Gasteiger partial charge in [-0.2, -0.15) is 0 Å². The fraction of sp³-hybridized carbons (Fsp3) is 0.833. The Morgan fingerprint density at radius 3 is 2.39 bits per heavy atom. The smallest absolute Gasteiger partial charge is 0.328 e. The van der Waals surface area contributed by atoms with Gasteiger partial charge in [0.25, 0.3) is 0 Å². The van der Waals surface area contributed by atoms with Gasteiger partial charge in [0.15, 0.2) is 6.04 Å². The van der Waals surface area contributed by atoms with Crippen molar-refractivity contribution in [3.63, 3.8) is 0 Å². The molecule has 2 rings (SSSR count). The van der Waals surface area contributed by atoms with Crippen LogP contribution >= 0.6 is 0 Å². The minimum Gasteiger partial charge on any atom is -0.480 e. The zero-order valence-corrected chi connectivity index (χ0v) is 10.4. The highest BCUT2D eigenvalue weighted by molar-refractivity contribution is 5.86. The highest BCUT2D eigenvalue weighted by Gasteiger charge is 2.49. The summed E-state index contributed by atoms with van der Waals surface area (Å²) in [6, 6.07) is -1.43. The molecule has 102 valence electrons. The van der Waals surface area contributed by atoms with Crippen molar-refractivity contribution >= 4 is 11.9 Å². The number of hydrogen-bond donors (Lipinski definition) is 4. The average molecular weight is 256 g/mol.